The zero-order valence-corrected chi connectivity index (χ0v) is 20.1. The smallest absolute Gasteiger partial charge is 0.342 e. The number of aromatic amines is 1. The van der Waals surface area contributed by atoms with E-state index in [1.165, 1.54) is 0 Å². The number of nitrogens with zero attached hydrogens (tertiary/aromatic N) is 4. The summed E-state index contributed by atoms with van der Waals surface area (Å²) in [6, 6.07) is 23.1. The van der Waals surface area contributed by atoms with Crippen LogP contribution in [-0.4, -0.2) is 38.2 Å². The highest BCUT2D eigenvalue weighted by atomic mass is 16.5. The van der Waals surface area contributed by atoms with Gasteiger partial charge in [-0.2, -0.15) is 5.21 Å². The third-order valence-electron chi connectivity index (χ3n) is 5.78. The van der Waals surface area contributed by atoms with Gasteiger partial charge < -0.3 is 9.47 Å². The van der Waals surface area contributed by atoms with Crippen LogP contribution in [0.2, 0.25) is 0 Å². The van der Waals surface area contributed by atoms with E-state index >= 15 is 0 Å². The van der Waals surface area contributed by atoms with E-state index in [9.17, 15) is 4.79 Å². The van der Waals surface area contributed by atoms with Crippen LogP contribution in [0.4, 0.5) is 0 Å². The molecular weight excluding hydrogens is 454 g/mol. The number of para-hydroxylation sites is 1. The zero-order valence-electron chi connectivity index (χ0n) is 20.1. The van der Waals surface area contributed by atoms with Crippen LogP contribution in [0.3, 0.4) is 0 Å². The number of carbonyl (C=O) groups is 1. The highest BCUT2D eigenvalue weighted by Crippen LogP contribution is 2.36. The Bertz CT molecular complexity index is 1500. The first-order valence-electron chi connectivity index (χ1n) is 11.9. The monoisotopic (exact) mass is 479 g/mol. The lowest BCUT2D eigenvalue weighted by molar-refractivity contribution is 0.0525. The third kappa shape index (κ3) is 4.53. The Morgan fingerprint density at radius 2 is 1.67 bits per heavy atom. The van der Waals surface area contributed by atoms with Gasteiger partial charge in [-0.05, 0) is 47.9 Å². The molecule has 0 aliphatic heterocycles. The lowest BCUT2D eigenvalue weighted by Gasteiger charge is -2.17. The Hall–Kier alpha value is -4.59. The molecule has 36 heavy (non-hydrogen) atoms. The predicted molar refractivity (Wildman–Crippen MR) is 137 cm³/mol. The molecule has 0 aliphatic carbocycles. The Balaban J connectivity index is 1.55. The van der Waals surface area contributed by atoms with Crippen LogP contribution in [0.1, 0.15) is 36.3 Å². The average molecular weight is 480 g/mol. The van der Waals surface area contributed by atoms with E-state index < -0.39 is 5.97 Å². The summed E-state index contributed by atoms with van der Waals surface area (Å²) in [5.41, 5.74) is 4.68. The number of fused-ring (bicyclic) bond motifs is 1. The number of esters is 1. The van der Waals surface area contributed by atoms with Gasteiger partial charge in [0.25, 0.3) is 0 Å². The molecule has 0 saturated carbocycles. The molecule has 0 bridgehead atoms. The summed E-state index contributed by atoms with van der Waals surface area (Å²) in [4.78, 5) is 17.9. The highest BCUT2D eigenvalue weighted by molar-refractivity contribution is 6.06. The van der Waals surface area contributed by atoms with Crippen LogP contribution >= 0.6 is 0 Å². The highest BCUT2D eigenvalue weighted by Gasteiger charge is 2.23. The number of tetrazole rings is 1. The fraction of sp³-hybridized carbons (Fsp3) is 0.179. The lowest BCUT2D eigenvalue weighted by atomic mass is 9.99. The van der Waals surface area contributed by atoms with Crippen LogP contribution in [0.15, 0.2) is 72.8 Å². The number of aryl methyl sites for hydroxylation is 1. The molecule has 0 saturated heterocycles. The third-order valence-corrected chi connectivity index (χ3v) is 5.78. The van der Waals surface area contributed by atoms with Crippen LogP contribution in [0.25, 0.3) is 33.4 Å². The second kappa shape index (κ2) is 10.4. The number of carbonyl (C=O) groups excluding carboxylic acids is 1. The summed E-state index contributed by atoms with van der Waals surface area (Å²) in [6.07, 6.45) is 1.53. The molecule has 0 radical (unpaired) electrons. The topological polar surface area (TPSA) is 103 Å². The quantitative estimate of drug-likeness (QED) is 0.272. The van der Waals surface area contributed by atoms with Crippen molar-refractivity contribution in [3.05, 3.63) is 84.1 Å². The fourth-order valence-corrected chi connectivity index (χ4v) is 4.19. The maximum Gasteiger partial charge on any atom is 0.342 e. The first-order valence-corrected chi connectivity index (χ1v) is 11.9. The maximum atomic E-state index is 13.1. The second-order valence-electron chi connectivity index (χ2n) is 8.16. The minimum atomic E-state index is -0.422. The van der Waals surface area contributed by atoms with E-state index in [1.54, 1.807) is 6.92 Å². The van der Waals surface area contributed by atoms with E-state index in [0.717, 1.165) is 34.3 Å². The largest absolute Gasteiger partial charge is 0.462 e. The number of aromatic nitrogens is 5. The van der Waals surface area contributed by atoms with Gasteiger partial charge in [0.1, 0.15) is 11.3 Å². The number of hydrogen-bond acceptors (Lipinski definition) is 7. The molecule has 0 unspecified atom stereocenters. The number of H-pyrrole nitrogens is 1. The summed E-state index contributed by atoms with van der Waals surface area (Å²) in [7, 11) is 0. The van der Waals surface area contributed by atoms with Gasteiger partial charge in [0.05, 0.1) is 17.8 Å². The molecule has 5 aromatic rings. The summed E-state index contributed by atoms with van der Waals surface area (Å²) in [6.45, 7) is 4.13. The minimum Gasteiger partial charge on any atom is -0.462 e. The fourth-order valence-electron chi connectivity index (χ4n) is 4.19. The molecule has 8 heteroatoms. The van der Waals surface area contributed by atoms with Crippen molar-refractivity contribution in [2.45, 2.75) is 26.7 Å². The Morgan fingerprint density at radius 1 is 0.917 bits per heavy atom. The predicted octanol–water partition coefficient (Wildman–Crippen LogP) is 6.00. The summed E-state index contributed by atoms with van der Waals surface area (Å²) in [5, 5.41) is 15.1. The molecule has 0 spiro atoms. The van der Waals surface area contributed by atoms with E-state index in [2.05, 4.69) is 27.5 Å². The van der Waals surface area contributed by atoms with Crippen LogP contribution in [0, 0.1) is 0 Å². The van der Waals surface area contributed by atoms with Gasteiger partial charge in [-0.3, -0.25) is 0 Å². The normalized spacial score (nSPS) is 10.9. The molecule has 0 amide bonds. The summed E-state index contributed by atoms with van der Waals surface area (Å²) >= 11 is 0. The molecule has 2 heterocycles. The summed E-state index contributed by atoms with van der Waals surface area (Å²) in [5.74, 6) is 1.13. The van der Waals surface area contributed by atoms with Crippen LogP contribution in [0.5, 0.6) is 11.5 Å². The minimum absolute atomic E-state index is 0.270. The Kier molecular flexibility index (Phi) is 6.66. The molecule has 2 aromatic heterocycles. The molecule has 180 valence electrons. The lowest BCUT2D eigenvalue weighted by Crippen LogP contribution is -2.10. The van der Waals surface area contributed by atoms with Crippen molar-refractivity contribution < 1.29 is 14.3 Å². The molecule has 1 N–H and O–H groups in total. The van der Waals surface area contributed by atoms with Gasteiger partial charge in [0.15, 0.2) is 5.75 Å². The van der Waals surface area contributed by atoms with Crippen molar-refractivity contribution in [3.8, 4) is 34.0 Å². The standard InChI is InChI=1S/C28H25N5O3/c1-3-9-24-26(25(28(34)35-4-2)22-12-7-8-13-23(22)29-24)36-19-16-14-18(15-17-19)20-10-5-6-11-21(20)27-30-32-33-31-27/h5-8,10-17H,3-4,9H2,1-2H3,(H,30,31,32,33). The number of benzene rings is 3. The molecule has 0 atom stereocenters. The van der Waals surface area contributed by atoms with Crippen LogP contribution in [-0.2, 0) is 11.2 Å². The van der Waals surface area contributed by atoms with Crippen molar-refractivity contribution in [2.75, 3.05) is 6.61 Å². The Labute approximate surface area is 208 Å². The SMILES string of the molecule is CCCc1nc2ccccc2c(C(=O)OCC)c1Oc1ccc(-c2ccccc2-c2nn[nH]n2)cc1. The maximum absolute atomic E-state index is 13.1. The van der Waals surface area contributed by atoms with Gasteiger partial charge in [0, 0.05) is 10.9 Å². The number of pyridine rings is 1. The number of hydrogen-bond donors (Lipinski definition) is 1. The molecule has 0 fully saturated rings. The van der Waals surface area contributed by atoms with Gasteiger partial charge >= 0.3 is 5.97 Å². The van der Waals surface area contributed by atoms with Crippen molar-refractivity contribution in [2.24, 2.45) is 0 Å². The van der Waals surface area contributed by atoms with Crippen molar-refractivity contribution in [1.29, 1.82) is 0 Å². The molecule has 5 rings (SSSR count). The first-order chi connectivity index (χ1) is 17.7. The van der Waals surface area contributed by atoms with Crippen molar-refractivity contribution >= 4 is 16.9 Å². The van der Waals surface area contributed by atoms with Gasteiger partial charge in [0.2, 0.25) is 5.82 Å². The molecule has 8 nitrogen and oxygen atoms in total. The van der Waals surface area contributed by atoms with Gasteiger partial charge in [-0.1, -0.05) is 67.9 Å². The van der Waals surface area contributed by atoms with Gasteiger partial charge in [-0.25, -0.2) is 9.78 Å². The molecule has 3 aromatic carbocycles. The molecule has 0 aliphatic rings. The van der Waals surface area contributed by atoms with E-state index in [1.807, 2.05) is 72.8 Å². The molecular formula is C28H25N5O3. The number of ether oxygens (including phenoxy) is 2. The van der Waals surface area contributed by atoms with Gasteiger partial charge in [-0.15, -0.1) is 10.2 Å². The van der Waals surface area contributed by atoms with Crippen LogP contribution < -0.4 is 4.74 Å². The summed E-state index contributed by atoms with van der Waals surface area (Å²) < 4.78 is 11.8. The zero-order chi connectivity index (χ0) is 24.9. The first kappa shape index (κ1) is 23.2. The Morgan fingerprint density at radius 3 is 2.39 bits per heavy atom. The second-order valence-corrected chi connectivity index (χ2v) is 8.16. The average Bonchev–Trinajstić information content (AvgIpc) is 3.45. The number of nitrogens with one attached hydrogen (secondary N) is 1. The van der Waals surface area contributed by atoms with Crippen molar-refractivity contribution in [1.82, 2.24) is 25.6 Å². The van der Waals surface area contributed by atoms with E-state index in [4.69, 9.17) is 14.5 Å². The van der Waals surface area contributed by atoms with E-state index in [0.29, 0.717) is 34.7 Å². The van der Waals surface area contributed by atoms with Crippen molar-refractivity contribution in [3.63, 3.8) is 0 Å². The number of rotatable bonds is 8. The van der Waals surface area contributed by atoms with E-state index in [-0.39, 0.29) is 6.61 Å².